The first-order chi connectivity index (χ1) is 11.4. The minimum Gasteiger partial charge on any atom is -0.460 e. The number of aromatic nitrogens is 2. The first kappa shape index (κ1) is 15.3. The number of esters is 1. The Balaban J connectivity index is 1.95. The molecule has 0 aliphatic heterocycles. The van der Waals surface area contributed by atoms with Gasteiger partial charge in [0.2, 0.25) is 5.76 Å². The fourth-order valence-electron chi connectivity index (χ4n) is 3.81. The Bertz CT molecular complexity index is 815. The Morgan fingerprint density at radius 3 is 2.79 bits per heavy atom. The van der Waals surface area contributed by atoms with Crippen molar-refractivity contribution in [3.63, 3.8) is 0 Å². The fourth-order valence-corrected chi connectivity index (χ4v) is 3.81. The van der Waals surface area contributed by atoms with Gasteiger partial charge >= 0.3 is 12.1 Å². The zero-order valence-electron chi connectivity index (χ0n) is 12.9. The molecule has 0 radical (unpaired) electrons. The molecule has 8 heteroatoms. The zero-order valence-corrected chi connectivity index (χ0v) is 12.9. The molecule has 1 saturated carbocycles. The van der Waals surface area contributed by atoms with Gasteiger partial charge in [0.15, 0.2) is 0 Å². The lowest BCUT2D eigenvalue weighted by Crippen LogP contribution is -2.38. The molecule has 0 bridgehead atoms. The number of hydrogen-bond acceptors (Lipinski definition) is 4. The molecule has 1 fully saturated rings. The summed E-state index contributed by atoms with van der Waals surface area (Å²) in [6, 6.07) is 0. The summed E-state index contributed by atoms with van der Waals surface area (Å²) in [5.74, 6) is -1.68. The first-order valence-electron chi connectivity index (χ1n) is 7.81. The topological polar surface area (TPSA) is 68.1 Å². The van der Waals surface area contributed by atoms with Crippen LogP contribution in [0.25, 0.3) is 11.3 Å². The van der Waals surface area contributed by atoms with Crippen LogP contribution in [0.5, 0.6) is 0 Å². The molecule has 2 aliphatic carbocycles. The Kier molecular flexibility index (Phi) is 3.10. The Labute approximate surface area is 135 Å². The van der Waals surface area contributed by atoms with Crippen molar-refractivity contribution in [2.75, 3.05) is 6.61 Å². The van der Waals surface area contributed by atoms with Crippen molar-refractivity contribution in [3.8, 4) is 11.3 Å². The summed E-state index contributed by atoms with van der Waals surface area (Å²) in [5.41, 5.74) is -0.320. The molecule has 1 N–H and O–H groups in total. The van der Waals surface area contributed by atoms with E-state index in [2.05, 4.69) is 10.2 Å². The zero-order chi connectivity index (χ0) is 17.1. The second-order valence-electron chi connectivity index (χ2n) is 6.29. The van der Waals surface area contributed by atoms with Crippen molar-refractivity contribution in [2.45, 2.75) is 44.2 Å². The van der Waals surface area contributed by atoms with Crippen molar-refractivity contribution in [1.82, 2.24) is 10.2 Å². The maximum atomic E-state index is 13.7. The fraction of sp³-hybridized carbons (Fsp3) is 0.500. The number of nitrogens with zero attached hydrogens (tertiary/aromatic N) is 1. The number of alkyl halides is 3. The highest BCUT2D eigenvalue weighted by Crippen LogP contribution is 2.56. The Hall–Kier alpha value is -2.25. The number of rotatable bonds is 2. The van der Waals surface area contributed by atoms with Gasteiger partial charge in [-0.2, -0.15) is 18.3 Å². The van der Waals surface area contributed by atoms with E-state index >= 15 is 0 Å². The smallest absolute Gasteiger partial charge is 0.421 e. The number of ether oxygens (including phenoxy) is 1. The second-order valence-corrected chi connectivity index (χ2v) is 6.29. The standard InChI is InChI=1S/C16H15F3N2O3/c1-2-23-14(22)13-11(16(17,18)19)10-9(24-13)6-15(4-3-5-15)8-7-20-21-12(8)10/h7H,2-6H2,1H3,(H,20,21). The van der Waals surface area contributed by atoms with E-state index in [0.717, 1.165) is 24.8 Å². The number of carbonyl (C=O) groups excluding carboxylic acids is 1. The van der Waals surface area contributed by atoms with Crippen LogP contribution in [0, 0.1) is 0 Å². The molecular formula is C16H15F3N2O3. The molecule has 5 nitrogen and oxygen atoms in total. The molecule has 0 amide bonds. The molecule has 0 atom stereocenters. The van der Waals surface area contributed by atoms with Crippen LogP contribution >= 0.6 is 0 Å². The summed E-state index contributed by atoms with van der Waals surface area (Å²) in [5, 5.41) is 6.62. The molecule has 2 aromatic heterocycles. The van der Waals surface area contributed by atoms with Crippen molar-refractivity contribution < 1.29 is 27.1 Å². The molecule has 2 aliphatic rings. The maximum Gasteiger partial charge on any atom is 0.421 e. The van der Waals surface area contributed by atoms with Crippen LogP contribution in [-0.2, 0) is 22.7 Å². The molecule has 1 spiro atoms. The Morgan fingerprint density at radius 1 is 1.46 bits per heavy atom. The number of H-pyrrole nitrogens is 1. The predicted octanol–water partition coefficient (Wildman–Crippen LogP) is 3.84. The summed E-state index contributed by atoms with van der Waals surface area (Å²) in [6.07, 6.45) is -0.0410. The highest BCUT2D eigenvalue weighted by Gasteiger charge is 2.51. The van der Waals surface area contributed by atoms with Gasteiger partial charge in [0.05, 0.1) is 24.1 Å². The summed E-state index contributed by atoms with van der Waals surface area (Å²) in [6.45, 7) is 1.51. The normalized spacial score (nSPS) is 18.0. The predicted molar refractivity (Wildman–Crippen MR) is 76.5 cm³/mol. The van der Waals surface area contributed by atoms with Gasteiger partial charge in [0.1, 0.15) is 11.3 Å². The Morgan fingerprint density at radius 2 is 2.21 bits per heavy atom. The highest BCUT2D eigenvalue weighted by molar-refractivity contribution is 5.92. The number of furan rings is 1. The van der Waals surface area contributed by atoms with E-state index in [4.69, 9.17) is 9.15 Å². The molecule has 0 saturated heterocycles. The van der Waals surface area contributed by atoms with E-state index in [9.17, 15) is 18.0 Å². The van der Waals surface area contributed by atoms with Gasteiger partial charge in [-0.1, -0.05) is 6.42 Å². The van der Waals surface area contributed by atoms with Crippen LogP contribution in [0.2, 0.25) is 0 Å². The van der Waals surface area contributed by atoms with Crippen molar-refractivity contribution >= 4 is 5.97 Å². The van der Waals surface area contributed by atoms with E-state index < -0.39 is 23.5 Å². The van der Waals surface area contributed by atoms with Crippen LogP contribution < -0.4 is 0 Å². The monoisotopic (exact) mass is 340 g/mol. The molecular weight excluding hydrogens is 325 g/mol. The highest BCUT2D eigenvalue weighted by atomic mass is 19.4. The van der Waals surface area contributed by atoms with Crippen LogP contribution in [-0.4, -0.2) is 22.8 Å². The third kappa shape index (κ3) is 1.94. The summed E-state index contributed by atoms with van der Waals surface area (Å²) < 4.78 is 51.1. The lowest BCUT2D eigenvalue weighted by molar-refractivity contribution is -0.138. The lowest BCUT2D eigenvalue weighted by Gasteiger charge is -2.43. The van der Waals surface area contributed by atoms with Gasteiger partial charge in [0, 0.05) is 17.4 Å². The summed E-state index contributed by atoms with van der Waals surface area (Å²) >= 11 is 0. The van der Waals surface area contributed by atoms with Crippen LogP contribution in [0.4, 0.5) is 13.2 Å². The van der Waals surface area contributed by atoms with E-state index in [1.54, 1.807) is 6.20 Å². The van der Waals surface area contributed by atoms with Gasteiger partial charge in [-0.3, -0.25) is 5.10 Å². The van der Waals surface area contributed by atoms with E-state index in [1.807, 2.05) is 0 Å². The average molecular weight is 340 g/mol. The molecule has 2 heterocycles. The largest absolute Gasteiger partial charge is 0.460 e. The quantitative estimate of drug-likeness (QED) is 0.844. The number of aromatic amines is 1. The van der Waals surface area contributed by atoms with Crippen molar-refractivity contribution in [3.05, 3.63) is 28.8 Å². The number of halogens is 3. The maximum absolute atomic E-state index is 13.7. The van der Waals surface area contributed by atoms with Crippen LogP contribution in [0.1, 0.15) is 53.6 Å². The van der Waals surface area contributed by atoms with Crippen LogP contribution in [0.15, 0.2) is 10.6 Å². The summed E-state index contributed by atoms with van der Waals surface area (Å²) in [7, 11) is 0. The molecule has 2 aromatic rings. The van der Waals surface area contributed by atoms with Crippen LogP contribution in [0.3, 0.4) is 0 Å². The third-order valence-corrected chi connectivity index (χ3v) is 5.00. The number of carbonyl (C=O) groups is 1. The number of nitrogens with one attached hydrogen (secondary N) is 1. The van der Waals surface area contributed by atoms with E-state index in [0.29, 0.717) is 12.1 Å². The molecule has 0 unspecified atom stereocenters. The number of hydrogen-bond donors (Lipinski definition) is 1. The van der Waals surface area contributed by atoms with E-state index in [-0.39, 0.29) is 23.3 Å². The summed E-state index contributed by atoms with van der Waals surface area (Å²) in [4.78, 5) is 12.0. The van der Waals surface area contributed by atoms with Crippen molar-refractivity contribution in [1.29, 1.82) is 0 Å². The van der Waals surface area contributed by atoms with Gasteiger partial charge in [-0.15, -0.1) is 0 Å². The van der Waals surface area contributed by atoms with Crippen molar-refractivity contribution in [2.24, 2.45) is 0 Å². The van der Waals surface area contributed by atoms with Gasteiger partial charge in [0.25, 0.3) is 0 Å². The molecule has 128 valence electrons. The number of fused-ring (bicyclic) bond motifs is 4. The first-order valence-corrected chi connectivity index (χ1v) is 7.81. The van der Waals surface area contributed by atoms with Gasteiger partial charge < -0.3 is 9.15 Å². The SMILES string of the molecule is CCOC(=O)c1oc2c(c1C(F)(F)F)-c1[nH]ncc1C1(CCC1)C2. The minimum absolute atomic E-state index is 0.0270. The lowest BCUT2D eigenvalue weighted by atomic mass is 9.59. The molecule has 24 heavy (non-hydrogen) atoms. The molecule has 4 rings (SSSR count). The van der Waals surface area contributed by atoms with E-state index in [1.165, 1.54) is 6.92 Å². The van der Waals surface area contributed by atoms with Gasteiger partial charge in [-0.05, 0) is 19.8 Å². The minimum atomic E-state index is -4.73. The third-order valence-electron chi connectivity index (χ3n) is 5.00. The second kappa shape index (κ2) is 4.87. The molecule has 0 aromatic carbocycles. The van der Waals surface area contributed by atoms with Gasteiger partial charge in [-0.25, -0.2) is 4.79 Å². The average Bonchev–Trinajstić information content (AvgIpc) is 3.07.